The van der Waals surface area contributed by atoms with Crippen molar-refractivity contribution in [3.8, 4) is 0 Å². The van der Waals surface area contributed by atoms with Crippen LogP contribution >= 0.6 is 11.3 Å². The fourth-order valence-corrected chi connectivity index (χ4v) is 4.11. The van der Waals surface area contributed by atoms with Gasteiger partial charge in [-0.3, -0.25) is 9.78 Å². The van der Waals surface area contributed by atoms with Crippen molar-refractivity contribution in [1.29, 1.82) is 0 Å². The highest BCUT2D eigenvalue weighted by molar-refractivity contribution is 7.10. The van der Waals surface area contributed by atoms with E-state index >= 15 is 0 Å². The summed E-state index contributed by atoms with van der Waals surface area (Å²) in [7, 11) is 0. The number of rotatable bonds is 3. The second-order valence-corrected chi connectivity index (χ2v) is 6.76. The van der Waals surface area contributed by atoms with Gasteiger partial charge in [0.25, 0.3) is 0 Å². The first kappa shape index (κ1) is 14.4. The van der Waals surface area contributed by atoms with Gasteiger partial charge in [0.05, 0.1) is 5.92 Å². The topological polar surface area (TPSA) is 54.0 Å². The Kier molecular flexibility index (Phi) is 3.81. The maximum Gasteiger partial charge on any atom is 0.229 e. The molecule has 1 aliphatic heterocycles. The van der Waals surface area contributed by atoms with E-state index in [1.165, 1.54) is 4.88 Å². The van der Waals surface area contributed by atoms with Gasteiger partial charge in [0.2, 0.25) is 5.91 Å². The summed E-state index contributed by atoms with van der Waals surface area (Å²) < 4.78 is 0. The minimum atomic E-state index is -0.0363. The van der Waals surface area contributed by atoms with Crippen molar-refractivity contribution in [3.05, 3.63) is 59.0 Å². The van der Waals surface area contributed by atoms with E-state index in [1.807, 2.05) is 36.5 Å². The van der Waals surface area contributed by atoms with Crippen LogP contribution in [0.2, 0.25) is 0 Å². The largest absolute Gasteiger partial charge is 0.325 e. The average Bonchev–Trinajstić information content (AvgIpc) is 3.26. The fraction of sp³-hybridized carbons (Fsp3) is 0.222. The van der Waals surface area contributed by atoms with Crippen molar-refractivity contribution in [3.63, 3.8) is 0 Å². The van der Waals surface area contributed by atoms with Crippen LogP contribution in [-0.2, 0) is 4.79 Å². The zero-order valence-electron chi connectivity index (χ0n) is 12.5. The van der Waals surface area contributed by atoms with E-state index < -0.39 is 0 Å². The van der Waals surface area contributed by atoms with Crippen LogP contribution in [0, 0.1) is 5.92 Å². The normalized spacial score (nSPS) is 20.7. The number of aromatic nitrogens is 1. The summed E-state index contributed by atoms with van der Waals surface area (Å²) >= 11 is 1.72. The Morgan fingerprint density at radius 1 is 1.22 bits per heavy atom. The van der Waals surface area contributed by atoms with Gasteiger partial charge >= 0.3 is 0 Å². The van der Waals surface area contributed by atoms with Crippen LogP contribution < -0.4 is 10.6 Å². The Bertz CT molecular complexity index is 826. The average molecular weight is 323 g/mol. The molecule has 1 saturated heterocycles. The number of thiophene rings is 1. The molecule has 0 aliphatic carbocycles. The number of benzene rings is 1. The van der Waals surface area contributed by atoms with E-state index in [0.717, 1.165) is 29.5 Å². The second kappa shape index (κ2) is 6.10. The van der Waals surface area contributed by atoms with Crippen molar-refractivity contribution < 1.29 is 4.79 Å². The van der Waals surface area contributed by atoms with Gasteiger partial charge < -0.3 is 10.6 Å². The summed E-state index contributed by atoms with van der Waals surface area (Å²) in [6.07, 6.45) is 3.57. The highest BCUT2D eigenvalue weighted by Gasteiger charge is 2.34. The van der Waals surface area contributed by atoms with Gasteiger partial charge in [-0.25, -0.2) is 0 Å². The highest BCUT2D eigenvalue weighted by atomic mass is 32.1. The molecule has 3 heterocycles. The van der Waals surface area contributed by atoms with Gasteiger partial charge in [0.15, 0.2) is 0 Å². The standard InChI is InChI=1S/C18H17N3OS/c22-18(15-11-20-10-14(15)17-5-2-8-23-17)21-16-4-1-3-12-9-19-7-6-13(12)16/h1-9,14-15,20H,10-11H2,(H,21,22)/t14?,15-/m0/s1. The number of anilines is 1. The molecule has 1 fully saturated rings. The molecule has 0 spiro atoms. The first-order valence-electron chi connectivity index (χ1n) is 7.70. The number of amides is 1. The lowest BCUT2D eigenvalue weighted by Crippen LogP contribution is -2.27. The molecule has 2 aromatic heterocycles. The van der Waals surface area contributed by atoms with E-state index in [1.54, 1.807) is 17.5 Å². The van der Waals surface area contributed by atoms with Crippen LogP contribution in [0.25, 0.3) is 10.8 Å². The van der Waals surface area contributed by atoms with E-state index in [0.29, 0.717) is 0 Å². The molecule has 1 unspecified atom stereocenters. The molecule has 2 atom stereocenters. The summed E-state index contributed by atoms with van der Waals surface area (Å²) in [4.78, 5) is 18.2. The number of nitrogens with zero attached hydrogens (tertiary/aromatic N) is 1. The van der Waals surface area contributed by atoms with Gasteiger partial charge in [0, 0.05) is 52.7 Å². The molecule has 0 radical (unpaired) electrons. The molecule has 116 valence electrons. The Hall–Kier alpha value is -2.24. The second-order valence-electron chi connectivity index (χ2n) is 5.78. The van der Waals surface area contributed by atoms with Crippen LogP contribution in [0.15, 0.2) is 54.2 Å². The van der Waals surface area contributed by atoms with Crippen molar-refractivity contribution in [2.45, 2.75) is 5.92 Å². The lowest BCUT2D eigenvalue weighted by molar-refractivity contribution is -0.119. The number of pyridine rings is 1. The molecule has 4 rings (SSSR count). The number of fused-ring (bicyclic) bond motifs is 1. The zero-order valence-corrected chi connectivity index (χ0v) is 13.3. The SMILES string of the molecule is O=C(Nc1cccc2cnccc12)[C@H]1CNCC1c1cccs1. The van der Waals surface area contributed by atoms with Crippen LogP contribution in [0.5, 0.6) is 0 Å². The first-order valence-corrected chi connectivity index (χ1v) is 8.58. The predicted molar refractivity (Wildman–Crippen MR) is 93.8 cm³/mol. The van der Waals surface area contributed by atoms with Crippen LogP contribution in [-0.4, -0.2) is 24.0 Å². The molecule has 3 aromatic rings. The van der Waals surface area contributed by atoms with Gasteiger partial charge in [-0.1, -0.05) is 18.2 Å². The minimum Gasteiger partial charge on any atom is -0.325 e. The summed E-state index contributed by atoms with van der Waals surface area (Å²) in [5.74, 6) is 0.301. The lowest BCUT2D eigenvalue weighted by atomic mass is 9.93. The van der Waals surface area contributed by atoms with Gasteiger partial charge in [-0.05, 0) is 23.6 Å². The van der Waals surface area contributed by atoms with E-state index in [9.17, 15) is 4.79 Å². The third kappa shape index (κ3) is 2.73. The summed E-state index contributed by atoms with van der Waals surface area (Å²) in [6, 6.07) is 12.0. The predicted octanol–water partition coefficient (Wildman–Crippen LogP) is 3.24. The van der Waals surface area contributed by atoms with Gasteiger partial charge in [0.1, 0.15) is 0 Å². The van der Waals surface area contributed by atoms with Crippen molar-refractivity contribution >= 4 is 33.7 Å². The molecular formula is C18H17N3OS. The molecular weight excluding hydrogens is 306 g/mol. The maximum atomic E-state index is 12.8. The number of carbonyl (C=O) groups excluding carboxylic acids is 1. The van der Waals surface area contributed by atoms with Crippen molar-refractivity contribution in [2.24, 2.45) is 5.92 Å². The Balaban J connectivity index is 1.59. The van der Waals surface area contributed by atoms with E-state index in [4.69, 9.17) is 0 Å². The lowest BCUT2D eigenvalue weighted by Gasteiger charge is -2.17. The first-order chi connectivity index (χ1) is 11.3. The number of hydrogen-bond acceptors (Lipinski definition) is 4. The molecule has 1 amide bonds. The smallest absolute Gasteiger partial charge is 0.229 e. The molecule has 23 heavy (non-hydrogen) atoms. The van der Waals surface area contributed by atoms with E-state index in [-0.39, 0.29) is 17.7 Å². The van der Waals surface area contributed by atoms with Crippen LogP contribution in [0.1, 0.15) is 10.8 Å². The number of carbonyl (C=O) groups is 1. The zero-order chi connectivity index (χ0) is 15.6. The summed E-state index contributed by atoms with van der Waals surface area (Å²) in [5, 5.41) is 10.6. The molecule has 1 aromatic carbocycles. The maximum absolute atomic E-state index is 12.8. The molecule has 2 N–H and O–H groups in total. The minimum absolute atomic E-state index is 0.0363. The molecule has 0 saturated carbocycles. The third-order valence-electron chi connectivity index (χ3n) is 4.40. The number of nitrogens with one attached hydrogen (secondary N) is 2. The fourth-order valence-electron chi connectivity index (χ4n) is 3.21. The van der Waals surface area contributed by atoms with Gasteiger partial charge in [-0.15, -0.1) is 11.3 Å². The molecule has 0 bridgehead atoms. The van der Waals surface area contributed by atoms with E-state index in [2.05, 4.69) is 27.1 Å². The summed E-state index contributed by atoms with van der Waals surface area (Å²) in [6.45, 7) is 1.58. The monoisotopic (exact) mass is 323 g/mol. The molecule has 5 heteroatoms. The molecule has 1 aliphatic rings. The van der Waals surface area contributed by atoms with Crippen LogP contribution in [0.3, 0.4) is 0 Å². The highest BCUT2D eigenvalue weighted by Crippen LogP contribution is 2.32. The van der Waals surface area contributed by atoms with Crippen LogP contribution in [0.4, 0.5) is 5.69 Å². The Morgan fingerprint density at radius 2 is 2.17 bits per heavy atom. The quantitative estimate of drug-likeness (QED) is 0.778. The van der Waals surface area contributed by atoms with Crippen molar-refractivity contribution in [2.75, 3.05) is 18.4 Å². The Labute approximate surface area is 138 Å². The third-order valence-corrected chi connectivity index (χ3v) is 5.40. The van der Waals surface area contributed by atoms with Crippen molar-refractivity contribution in [1.82, 2.24) is 10.3 Å². The Morgan fingerprint density at radius 3 is 3.04 bits per heavy atom. The van der Waals surface area contributed by atoms with Gasteiger partial charge in [-0.2, -0.15) is 0 Å². The molecule has 4 nitrogen and oxygen atoms in total. The summed E-state index contributed by atoms with van der Waals surface area (Å²) in [5.41, 5.74) is 0.853. The number of hydrogen-bond donors (Lipinski definition) is 2.